The second kappa shape index (κ2) is 8.67. The van der Waals surface area contributed by atoms with Gasteiger partial charge in [0.25, 0.3) is 0 Å². The largest absolute Gasteiger partial charge is 0.481 e. The molecule has 0 bridgehead atoms. The lowest BCUT2D eigenvalue weighted by Crippen LogP contribution is -2.43. The molecule has 24 heavy (non-hydrogen) atoms. The van der Waals surface area contributed by atoms with Crippen molar-refractivity contribution in [2.45, 2.75) is 18.9 Å². The fourth-order valence-electron chi connectivity index (χ4n) is 2.25. The van der Waals surface area contributed by atoms with E-state index in [0.29, 0.717) is 12.3 Å². The highest BCUT2D eigenvalue weighted by Crippen LogP contribution is 2.10. The molecular weight excluding hydrogens is 308 g/mol. The molecule has 1 aromatic carbocycles. The molecule has 1 N–H and O–H groups in total. The van der Waals surface area contributed by atoms with E-state index in [4.69, 9.17) is 9.47 Å². The maximum atomic E-state index is 12.2. The van der Waals surface area contributed by atoms with E-state index in [0.717, 1.165) is 11.1 Å². The van der Waals surface area contributed by atoms with E-state index in [1.165, 1.54) is 14.2 Å². The summed E-state index contributed by atoms with van der Waals surface area (Å²) >= 11 is 0. The number of carbonyl (C=O) groups excluding carboxylic acids is 2. The summed E-state index contributed by atoms with van der Waals surface area (Å²) in [7, 11) is 2.83. The van der Waals surface area contributed by atoms with Crippen molar-refractivity contribution in [1.29, 1.82) is 0 Å². The number of hydrogen-bond acceptors (Lipinski definition) is 5. The van der Waals surface area contributed by atoms with Crippen molar-refractivity contribution in [2.75, 3.05) is 14.2 Å². The number of aromatic nitrogens is 1. The van der Waals surface area contributed by atoms with Crippen LogP contribution in [0.15, 0.2) is 48.7 Å². The van der Waals surface area contributed by atoms with Crippen LogP contribution in [-0.2, 0) is 27.2 Å². The molecule has 126 valence electrons. The predicted octanol–water partition coefficient (Wildman–Crippen LogP) is 1.53. The van der Waals surface area contributed by atoms with Crippen molar-refractivity contribution < 1.29 is 19.1 Å². The number of carbonyl (C=O) groups is 2. The molecule has 1 aromatic heterocycles. The lowest BCUT2D eigenvalue weighted by molar-refractivity contribution is -0.145. The number of nitrogens with zero attached hydrogens (tertiary/aromatic N) is 1. The zero-order valence-electron chi connectivity index (χ0n) is 13.7. The molecule has 1 heterocycles. The fourth-order valence-corrected chi connectivity index (χ4v) is 2.25. The molecule has 1 atom stereocenters. The standard InChI is InChI=1S/C18H20N2O4/c1-23-17-9-8-14(12-19-17)10-15(18(22)24-2)20-16(21)11-13-6-4-3-5-7-13/h3-9,12,15H,10-11H2,1-2H3,(H,20,21)/t15-/m1/s1. The topological polar surface area (TPSA) is 77.5 Å². The minimum absolute atomic E-state index is 0.204. The summed E-state index contributed by atoms with van der Waals surface area (Å²) < 4.78 is 9.78. The van der Waals surface area contributed by atoms with Crippen LogP contribution in [0.4, 0.5) is 0 Å². The highest BCUT2D eigenvalue weighted by atomic mass is 16.5. The summed E-state index contributed by atoms with van der Waals surface area (Å²) in [5, 5.41) is 2.72. The van der Waals surface area contributed by atoms with Gasteiger partial charge in [-0.25, -0.2) is 9.78 Å². The summed E-state index contributed by atoms with van der Waals surface area (Å²) in [5.74, 6) is -0.244. The number of ether oxygens (including phenoxy) is 2. The van der Waals surface area contributed by atoms with E-state index in [1.54, 1.807) is 18.3 Å². The van der Waals surface area contributed by atoms with E-state index < -0.39 is 12.0 Å². The third-order valence-electron chi connectivity index (χ3n) is 3.47. The van der Waals surface area contributed by atoms with Crippen LogP contribution in [0.5, 0.6) is 5.88 Å². The van der Waals surface area contributed by atoms with Crippen LogP contribution in [0.2, 0.25) is 0 Å². The zero-order valence-corrected chi connectivity index (χ0v) is 13.7. The highest BCUT2D eigenvalue weighted by Gasteiger charge is 2.22. The van der Waals surface area contributed by atoms with Gasteiger partial charge in [-0.05, 0) is 11.1 Å². The third-order valence-corrected chi connectivity index (χ3v) is 3.47. The molecule has 0 saturated heterocycles. The van der Waals surface area contributed by atoms with Crippen LogP contribution < -0.4 is 10.1 Å². The molecule has 0 saturated carbocycles. The van der Waals surface area contributed by atoms with Gasteiger partial charge in [-0.3, -0.25) is 4.79 Å². The fraction of sp³-hybridized carbons (Fsp3) is 0.278. The first kappa shape index (κ1) is 17.5. The first-order chi connectivity index (χ1) is 11.6. The maximum absolute atomic E-state index is 12.2. The van der Waals surface area contributed by atoms with Crippen LogP contribution in [-0.4, -0.2) is 37.1 Å². The molecule has 2 aromatic rings. The van der Waals surface area contributed by atoms with Crippen molar-refractivity contribution >= 4 is 11.9 Å². The monoisotopic (exact) mass is 328 g/mol. The van der Waals surface area contributed by atoms with Crippen molar-refractivity contribution in [2.24, 2.45) is 0 Å². The van der Waals surface area contributed by atoms with Crippen molar-refractivity contribution in [3.8, 4) is 5.88 Å². The van der Waals surface area contributed by atoms with Crippen LogP contribution in [0.3, 0.4) is 0 Å². The highest BCUT2D eigenvalue weighted by molar-refractivity contribution is 5.85. The summed E-state index contributed by atoms with van der Waals surface area (Å²) in [5.41, 5.74) is 1.68. The number of esters is 1. The summed E-state index contributed by atoms with van der Waals surface area (Å²) in [4.78, 5) is 28.2. The Labute approximate surface area is 140 Å². The molecule has 0 aliphatic rings. The molecular formula is C18H20N2O4. The minimum atomic E-state index is -0.763. The molecule has 0 aliphatic carbocycles. The van der Waals surface area contributed by atoms with Gasteiger partial charge in [-0.1, -0.05) is 36.4 Å². The summed E-state index contributed by atoms with van der Waals surface area (Å²) in [6, 6.07) is 12.1. The molecule has 6 nitrogen and oxygen atoms in total. The predicted molar refractivity (Wildman–Crippen MR) is 88.6 cm³/mol. The Kier molecular flexibility index (Phi) is 6.31. The number of pyridine rings is 1. The van der Waals surface area contributed by atoms with Crippen LogP contribution in [0.25, 0.3) is 0 Å². The average Bonchev–Trinajstić information content (AvgIpc) is 2.62. The Bertz CT molecular complexity index is 671. The van der Waals surface area contributed by atoms with Crippen molar-refractivity contribution in [3.05, 3.63) is 59.8 Å². The molecule has 0 fully saturated rings. The van der Waals surface area contributed by atoms with E-state index in [9.17, 15) is 9.59 Å². The van der Waals surface area contributed by atoms with Gasteiger partial charge >= 0.3 is 5.97 Å². The molecule has 6 heteroatoms. The first-order valence-corrected chi connectivity index (χ1v) is 7.52. The van der Waals surface area contributed by atoms with E-state index in [1.807, 2.05) is 30.3 Å². The number of amides is 1. The van der Waals surface area contributed by atoms with Crippen molar-refractivity contribution in [1.82, 2.24) is 10.3 Å². The number of rotatable bonds is 7. The molecule has 0 radical (unpaired) electrons. The second-order valence-electron chi connectivity index (χ2n) is 5.22. The van der Waals surface area contributed by atoms with Gasteiger partial charge in [-0.2, -0.15) is 0 Å². The number of benzene rings is 1. The smallest absolute Gasteiger partial charge is 0.328 e. The number of methoxy groups -OCH3 is 2. The lowest BCUT2D eigenvalue weighted by Gasteiger charge is -2.16. The Balaban J connectivity index is 2.02. The normalized spacial score (nSPS) is 11.4. The molecule has 0 aliphatic heterocycles. The van der Waals surface area contributed by atoms with E-state index in [-0.39, 0.29) is 12.3 Å². The van der Waals surface area contributed by atoms with Crippen molar-refractivity contribution in [3.63, 3.8) is 0 Å². The van der Waals surface area contributed by atoms with Gasteiger partial charge < -0.3 is 14.8 Å². The van der Waals surface area contributed by atoms with Gasteiger partial charge in [0.15, 0.2) is 0 Å². The Morgan fingerprint density at radius 3 is 2.42 bits per heavy atom. The molecule has 1 amide bonds. The van der Waals surface area contributed by atoms with Gasteiger partial charge in [0.05, 0.1) is 20.6 Å². The Morgan fingerprint density at radius 2 is 1.83 bits per heavy atom. The Hall–Kier alpha value is -2.89. The Morgan fingerprint density at radius 1 is 1.08 bits per heavy atom. The van der Waals surface area contributed by atoms with Crippen LogP contribution in [0, 0.1) is 0 Å². The van der Waals surface area contributed by atoms with Gasteiger partial charge in [-0.15, -0.1) is 0 Å². The molecule has 0 unspecified atom stereocenters. The number of nitrogens with one attached hydrogen (secondary N) is 1. The number of hydrogen-bond donors (Lipinski definition) is 1. The van der Waals surface area contributed by atoms with Gasteiger partial charge in [0, 0.05) is 18.7 Å². The maximum Gasteiger partial charge on any atom is 0.328 e. The van der Waals surface area contributed by atoms with Crippen LogP contribution >= 0.6 is 0 Å². The average molecular weight is 328 g/mol. The van der Waals surface area contributed by atoms with E-state index >= 15 is 0 Å². The SMILES string of the molecule is COC(=O)[C@@H](Cc1ccc(OC)nc1)NC(=O)Cc1ccccc1. The molecule has 0 spiro atoms. The summed E-state index contributed by atoms with van der Waals surface area (Å²) in [6.45, 7) is 0. The first-order valence-electron chi connectivity index (χ1n) is 7.52. The third kappa shape index (κ3) is 5.08. The van der Waals surface area contributed by atoms with E-state index in [2.05, 4.69) is 10.3 Å². The minimum Gasteiger partial charge on any atom is -0.481 e. The molecule has 2 rings (SSSR count). The second-order valence-corrected chi connectivity index (χ2v) is 5.22. The van der Waals surface area contributed by atoms with Crippen LogP contribution in [0.1, 0.15) is 11.1 Å². The zero-order chi connectivity index (χ0) is 17.4. The van der Waals surface area contributed by atoms with Gasteiger partial charge in [0.2, 0.25) is 11.8 Å². The summed E-state index contributed by atoms with van der Waals surface area (Å²) in [6.07, 6.45) is 2.11. The van der Waals surface area contributed by atoms with Gasteiger partial charge in [0.1, 0.15) is 6.04 Å². The quantitative estimate of drug-likeness (QED) is 0.780. The lowest BCUT2D eigenvalue weighted by atomic mass is 10.1.